The molecular formula is C25H21FN4O2. The van der Waals surface area contributed by atoms with Crippen LogP contribution in [0.15, 0.2) is 72.8 Å². The number of hydrogen-bond donors (Lipinski definition) is 3. The van der Waals surface area contributed by atoms with Crippen molar-refractivity contribution in [2.24, 2.45) is 0 Å². The van der Waals surface area contributed by atoms with E-state index >= 15 is 0 Å². The van der Waals surface area contributed by atoms with Crippen LogP contribution in [0.2, 0.25) is 0 Å². The molecule has 3 amide bonds. The average Bonchev–Trinajstić information content (AvgIpc) is 2.75. The number of anilines is 3. The Labute approximate surface area is 184 Å². The third-order valence-electron chi connectivity index (χ3n) is 4.92. The number of hydrogen-bond acceptors (Lipinski definition) is 3. The van der Waals surface area contributed by atoms with Crippen molar-refractivity contribution in [1.29, 1.82) is 0 Å². The Morgan fingerprint density at radius 1 is 0.812 bits per heavy atom. The number of carbonyl (C=O) groups is 2. The van der Waals surface area contributed by atoms with Gasteiger partial charge in [0, 0.05) is 34.2 Å². The van der Waals surface area contributed by atoms with Gasteiger partial charge < -0.3 is 16.0 Å². The highest BCUT2D eigenvalue weighted by atomic mass is 19.1. The van der Waals surface area contributed by atoms with Gasteiger partial charge in [-0.15, -0.1) is 0 Å². The fraction of sp³-hybridized carbons (Fsp3) is 0.0800. The summed E-state index contributed by atoms with van der Waals surface area (Å²) in [6, 6.07) is 19.8. The van der Waals surface area contributed by atoms with E-state index in [1.165, 1.54) is 12.1 Å². The van der Waals surface area contributed by atoms with E-state index in [4.69, 9.17) is 0 Å². The van der Waals surface area contributed by atoms with E-state index in [0.29, 0.717) is 39.2 Å². The lowest BCUT2D eigenvalue weighted by molar-refractivity contribution is 0.102. The van der Waals surface area contributed by atoms with Crippen molar-refractivity contribution in [3.05, 3.63) is 95.4 Å². The largest absolute Gasteiger partial charge is 0.323 e. The molecule has 0 atom stereocenters. The number of pyridine rings is 1. The second-order valence-electron chi connectivity index (χ2n) is 7.40. The average molecular weight is 428 g/mol. The van der Waals surface area contributed by atoms with Crippen LogP contribution in [0, 0.1) is 19.7 Å². The highest BCUT2D eigenvalue weighted by molar-refractivity contribution is 6.13. The highest BCUT2D eigenvalue weighted by Crippen LogP contribution is 2.24. The molecule has 0 bridgehead atoms. The van der Waals surface area contributed by atoms with Crippen molar-refractivity contribution in [2.75, 3.05) is 16.0 Å². The number of halogens is 1. The van der Waals surface area contributed by atoms with Crippen LogP contribution in [-0.2, 0) is 0 Å². The van der Waals surface area contributed by atoms with Crippen molar-refractivity contribution in [3.63, 3.8) is 0 Å². The van der Waals surface area contributed by atoms with Gasteiger partial charge in [-0.2, -0.15) is 0 Å². The molecule has 0 fully saturated rings. The van der Waals surface area contributed by atoms with Crippen molar-refractivity contribution < 1.29 is 14.0 Å². The molecule has 3 N–H and O–H groups in total. The molecule has 3 aromatic carbocycles. The molecule has 1 aromatic heterocycles. The summed E-state index contributed by atoms with van der Waals surface area (Å²) in [5, 5.41) is 8.96. The highest BCUT2D eigenvalue weighted by Gasteiger charge is 2.14. The molecule has 1 heterocycles. The zero-order chi connectivity index (χ0) is 22.7. The van der Waals surface area contributed by atoms with Crippen LogP contribution < -0.4 is 16.0 Å². The predicted octanol–water partition coefficient (Wildman–Crippen LogP) is 5.89. The first-order valence-corrected chi connectivity index (χ1v) is 10.0. The first-order chi connectivity index (χ1) is 15.4. The monoisotopic (exact) mass is 428 g/mol. The second-order valence-corrected chi connectivity index (χ2v) is 7.40. The number of amides is 3. The number of aromatic nitrogens is 1. The Bertz CT molecular complexity index is 1320. The Morgan fingerprint density at radius 2 is 1.56 bits per heavy atom. The third kappa shape index (κ3) is 4.73. The standard InChI is InChI=1S/C25H21FN4O2/c1-15-8-10-19(29-25(32)28-18-6-4-3-5-7-18)14-22(15)30-24(31)21-12-16(2)27-23-13-17(26)9-11-20(21)23/h3-14H,1-2H3,(H,30,31)(H2,28,29,32). The van der Waals surface area contributed by atoms with Crippen molar-refractivity contribution >= 4 is 39.9 Å². The Balaban J connectivity index is 1.55. The van der Waals surface area contributed by atoms with Crippen molar-refractivity contribution in [3.8, 4) is 0 Å². The number of rotatable bonds is 4. The summed E-state index contributed by atoms with van der Waals surface area (Å²) in [7, 11) is 0. The first-order valence-electron chi connectivity index (χ1n) is 10.0. The van der Waals surface area contributed by atoms with Gasteiger partial charge in [0.2, 0.25) is 0 Å². The maximum atomic E-state index is 13.6. The summed E-state index contributed by atoms with van der Waals surface area (Å²) in [5.41, 5.74) is 4.00. The van der Waals surface area contributed by atoms with Gasteiger partial charge in [0.25, 0.3) is 5.91 Å². The van der Waals surface area contributed by atoms with E-state index < -0.39 is 11.8 Å². The van der Waals surface area contributed by atoms with Crippen LogP contribution in [0.3, 0.4) is 0 Å². The van der Waals surface area contributed by atoms with Gasteiger partial charge >= 0.3 is 6.03 Å². The number of nitrogens with zero attached hydrogens (tertiary/aromatic N) is 1. The fourth-order valence-electron chi connectivity index (χ4n) is 3.36. The minimum Gasteiger partial charge on any atom is -0.322 e. The fourth-order valence-corrected chi connectivity index (χ4v) is 3.36. The molecule has 4 aromatic rings. The predicted molar refractivity (Wildman–Crippen MR) is 125 cm³/mol. The lowest BCUT2D eigenvalue weighted by Crippen LogP contribution is -2.20. The number of benzene rings is 3. The summed E-state index contributed by atoms with van der Waals surface area (Å²) in [5.74, 6) is -0.758. The molecule has 0 aliphatic carbocycles. The zero-order valence-corrected chi connectivity index (χ0v) is 17.6. The summed E-state index contributed by atoms with van der Waals surface area (Å²) >= 11 is 0. The van der Waals surface area contributed by atoms with Gasteiger partial charge in [-0.05, 0) is 61.9 Å². The van der Waals surface area contributed by atoms with Gasteiger partial charge in [0.15, 0.2) is 0 Å². The molecule has 6 nitrogen and oxygen atoms in total. The van der Waals surface area contributed by atoms with Gasteiger partial charge in [-0.25, -0.2) is 9.18 Å². The smallest absolute Gasteiger partial charge is 0.322 e. The maximum Gasteiger partial charge on any atom is 0.323 e. The van der Waals surface area contributed by atoms with E-state index in [1.54, 1.807) is 49.4 Å². The molecule has 0 aliphatic heterocycles. The lowest BCUT2D eigenvalue weighted by atomic mass is 10.1. The summed E-state index contributed by atoms with van der Waals surface area (Å²) in [6.45, 7) is 3.61. The number of urea groups is 1. The van der Waals surface area contributed by atoms with Gasteiger partial charge in [0.05, 0.1) is 11.1 Å². The molecule has 0 saturated heterocycles. The molecule has 7 heteroatoms. The minimum absolute atomic E-state index is 0.346. The number of para-hydroxylation sites is 1. The SMILES string of the molecule is Cc1cc(C(=O)Nc2cc(NC(=O)Nc3ccccc3)ccc2C)c2ccc(F)cc2n1. The molecule has 0 radical (unpaired) electrons. The zero-order valence-electron chi connectivity index (χ0n) is 17.6. The van der Waals surface area contributed by atoms with Crippen LogP contribution in [0.25, 0.3) is 10.9 Å². The van der Waals surface area contributed by atoms with Crippen LogP contribution in [-0.4, -0.2) is 16.9 Å². The molecule has 160 valence electrons. The van der Waals surface area contributed by atoms with Gasteiger partial charge in [-0.1, -0.05) is 24.3 Å². The summed E-state index contributed by atoms with van der Waals surface area (Å²) in [6.07, 6.45) is 0. The lowest BCUT2D eigenvalue weighted by Gasteiger charge is -2.13. The molecule has 4 rings (SSSR count). The van der Waals surface area contributed by atoms with Crippen LogP contribution in [0.1, 0.15) is 21.6 Å². The molecule has 0 unspecified atom stereocenters. The van der Waals surface area contributed by atoms with Crippen molar-refractivity contribution in [1.82, 2.24) is 4.98 Å². The van der Waals surface area contributed by atoms with Crippen LogP contribution in [0.4, 0.5) is 26.2 Å². The van der Waals surface area contributed by atoms with Crippen molar-refractivity contribution in [2.45, 2.75) is 13.8 Å². The normalized spacial score (nSPS) is 10.6. The van der Waals surface area contributed by atoms with E-state index in [-0.39, 0.29) is 5.91 Å². The molecule has 0 spiro atoms. The second kappa shape index (κ2) is 8.85. The molecule has 32 heavy (non-hydrogen) atoms. The number of aryl methyl sites for hydroxylation is 2. The van der Waals surface area contributed by atoms with Crippen LogP contribution >= 0.6 is 0 Å². The van der Waals surface area contributed by atoms with E-state index in [0.717, 1.165) is 5.56 Å². The number of carbonyl (C=O) groups excluding carboxylic acids is 2. The van der Waals surface area contributed by atoms with Crippen LogP contribution in [0.5, 0.6) is 0 Å². The quantitative estimate of drug-likeness (QED) is 0.379. The van der Waals surface area contributed by atoms with E-state index in [9.17, 15) is 14.0 Å². The molecule has 0 aliphatic rings. The number of fused-ring (bicyclic) bond motifs is 1. The maximum absolute atomic E-state index is 13.6. The van der Waals surface area contributed by atoms with Gasteiger partial charge in [0.1, 0.15) is 5.82 Å². The Morgan fingerprint density at radius 3 is 2.34 bits per heavy atom. The van der Waals surface area contributed by atoms with E-state index in [1.807, 2.05) is 25.1 Å². The third-order valence-corrected chi connectivity index (χ3v) is 4.92. The van der Waals surface area contributed by atoms with E-state index in [2.05, 4.69) is 20.9 Å². The topological polar surface area (TPSA) is 83.1 Å². The van der Waals surface area contributed by atoms with Gasteiger partial charge in [-0.3, -0.25) is 9.78 Å². The first kappa shape index (κ1) is 21.0. The Hall–Kier alpha value is -4.26. The minimum atomic E-state index is -0.412. The summed E-state index contributed by atoms with van der Waals surface area (Å²) in [4.78, 5) is 29.7. The molecular weight excluding hydrogens is 407 g/mol. The Kier molecular flexibility index (Phi) is 5.81. The molecule has 0 saturated carbocycles. The summed E-state index contributed by atoms with van der Waals surface area (Å²) < 4.78 is 13.6. The number of nitrogens with one attached hydrogen (secondary N) is 3.